The molecule has 2 fully saturated rings. The molecule has 1 N–H and O–H groups in total. The number of amides is 1. The minimum Gasteiger partial charge on any atom is -0.448 e. The summed E-state index contributed by atoms with van der Waals surface area (Å²) in [5, 5.41) is 9.57. The lowest BCUT2D eigenvalue weighted by Gasteiger charge is -2.41. The summed E-state index contributed by atoms with van der Waals surface area (Å²) in [7, 11) is -3.87. The molecule has 2 aliphatic rings. The van der Waals surface area contributed by atoms with Gasteiger partial charge < -0.3 is 14.7 Å². The average molecular weight is 522 g/mol. The molecule has 4 rings (SSSR count). The molecule has 2 aliphatic heterocycles. The molecule has 0 aromatic heterocycles. The van der Waals surface area contributed by atoms with Crippen LogP contribution in [0.15, 0.2) is 59.5 Å². The summed E-state index contributed by atoms with van der Waals surface area (Å²) >= 11 is 6.00. The maximum atomic E-state index is 13.8. The highest BCUT2D eigenvalue weighted by Crippen LogP contribution is 2.39. The fourth-order valence-electron chi connectivity index (χ4n) is 4.85. The predicted molar refractivity (Wildman–Crippen MR) is 134 cm³/mol. The van der Waals surface area contributed by atoms with Crippen LogP contribution in [0.4, 0.5) is 4.79 Å². The number of piperidine rings is 1. The number of sulfonamides is 1. The second kappa shape index (κ2) is 11.7. The Balaban J connectivity index is 1.53. The van der Waals surface area contributed by atoms with Gasteiger partial charge in [-0.15, -0.1) is 0 Å². The lowest BCUT2D eigenvalue weighted by Crippen LogP contribution is -2.51. The van der Waals surface area contributed by atoms with Crippen LogP contribution in [0.5, 0.6) is 0 Å². The molecule has 2 aromatic rings. The highest BCUT2D eigenvalue weighted by molar-refractivity contribution is 7.89. The van der Waals surface area contributed by atoms with Crippen molar-refractivity contribution in [2.45, 2.75) is 36.2 Å². The van der Waals surface area contributed by atoms with E-state index >= 15 is 0 Å². The van der Waals surface area contributed by atoms with Gasteiger partial charge in [-0.05, 0) is 49.1 Å². The molecule has 0 radical (unpaired) electrons. The maximum absolute atomic E-state index is 13.8. The van der Waals surface area contributed by atoms with Crippen LogP contribution in [0.3, 0.4) is 0 Å². The van der Waals surface area contributed by atoms with Gasteiger partial charge in [-0.3, -0.25) is 4.90 Å². The third-order valence-electron chi connectivity index (χ3n) is 6.70. The third-order valence-corrected chi connectivity index (χ3v) is 8.93. The Labute approximate surface area is 212 Å². The Bertz CT molecular complexity index is 1080. The Hall–Kier alpha value is -2.17. The summed E-state index contributed by atoms with van der Waals surface area (Å²) in [6.07, 6.45) is 1.69. The zero-order valence-corrected chi connectivity index (χ0v) is 21.2. The van der Waals surface area contributed by atoms with E-state index in [1.165, 1.54) is 16.4 Å². The second-order valence-electron chi connectivity index (χ2n) is 8.93. The van der Waals surface area contributed by atoms with Crippen molar-refractivity contribution in [3.8, 4) is 0 Å². The van der Waals surface area contributed by atoms with Crippen molar-refractivity contribution in [3.05, 3.63) is 65.2 Å². The number of aliphatic hydroxyl groups excluding tert-OH is 1. The van der Waals surface area contributed by atoms with Gasteiger partial charge in [-0.1, -0.05) is 41.9 Å². The second-order valence-corrected chi connectivity index (χ2v) is 11.2. The first kappa shape index (κ1) is 25.9. The Morgan fingerprint density at radius 3 is 2.34 bits per heavy atom. The van der Waals surface area contributed by atoms with Gasteiger partial charge in [-0.2, -0.15) is 4.31 Å². The van der Waals surface area contributed by atoms with E-state index in [2.05, 4.69) is 4.90 Å². The van der Waals surface area contributed by atoms with Gasteiger partial charge in [0.25, 0.3) is 0 Å². The number of carbonyl (C=O) groups is 1. The van der Waals surface area contributed by atoms with Crippen LogP contribution in [-0.2, 0) is 14.8 Å². The van der Waals surface area contributed by atoms with Crippen molar-refractivity contribution in [2.24, 2.45) is 0 Å². The van der Waals surface area contributed by atoms with E-state index in [0.29, 0.717) is 50.6 Å². The van der Waals surface area contributed by atoms with Crippen LogP contribution in [0.25, 0.3) is 0 Å². The number of rotatable bonds is 7. The maximum Gasteiger partial charge on any atom is 0.409 e. The summed E-state index contributed by atoms with van der Waals surface area (Å²) in [5.74, 6) is 0. The largest absolute Gasteiger partial charge is 0.448 e. The normalized spacial score (nSPS) is 22.2. The zero-order chi connectivity index (χ0) is 24.8. The summed E-state index contributed by atoms with van der Waals surface area (Å²) < 4.78 is 34.9. The third kappa shape index (κ3) is 6.16. The van der Waals surface area contributed by atoms with Crippen LogP contribution in [0, 0.1) is 0 Å². The number of hydrogen-bond acceptors (Lipinski definition) is 6. The molecule has 2 aromatic carbocycles. The first-order valence-corrected chi connectivity index (χ1v) is 13.8. The molecule has 0 aliphatic carbocycles. The zero-order valence-electron chi connectivity index (χ0n) is 19.6. The van der Waals surface area contributed by atoms with Crippen molar-refractivity contribution in [3.63, 3.8) is 0 Å². The Kier molecular flexibility index (Phi) is 8.67. The van der Waals surface area contributed by atoms with Gasteiger partial charge in [-0.25, -0.2) is 13.2 Å². The molecule has 2 saturated heterocycles. The highest BCUT2D eigenvalue weighted by Gasteiger charge is 2.41. The average Bonchev–Trinajstić information content (AvgIpc) is 2.88. The topological polar surface area (TPSA) is 90.4 Å². The van der Waals surface area contributed by atoms with Crippen molar-refractivity contribution in [1.29, 1.82) is 0 Å². The van der Waals surface area contributed by atoms with Crippen LogP contribution >= 0.6 is 11.6 Å². The number of benzene rings is 2. The lowest BCUT2D eigenvalue weighted by atomic mass is 9.93. The van der Waals surface area contributed by atoms with E-state index in [4.69, 9.17) is 21.4 Å². The fourth-order valence-corrected chi connectivity index (χ4v) is 6.82. The molecule has 8 nitrogen and oxygen atoms in total. The van der Waals surface area contributed by atoms with E-state index < -0.39 is 22.2 Å². The number of ether oxygens (including phenoxy) is 1. The van der Waals surface area contributed by atoms with E-state index in [1.807, 2.05) is 30.3 Å². The molecule has 2 heterocycles. The van der Waals surface area contributed by atoms with Gasteiger partial charge in [0, 0.05) is 37.7 Å². The predicted octanol–water partition coefficient (Wildman–Crippen LogP) is 3.37. The molecule has 0 spiro atoms. The highest BCUT2D eigenvalue weighted by atomic mass is 35.5. The molecule has 10 heteroatoms. The SMILES string of the molecule is O=C(OC[C@H]1CCC[C@@H](c2ccccc2)N1S(=O)(=O)c1ccc(Cl)cc1)N1CCN(CCO)CC1. The number of halogens is 1. The van der Waals surface area contributed by atoms with Crippen molar-refractivity contribution < 1.29 is 23.1 Å². The van der Waals surface area contributed by atoms with Crippen molar-refractivity contribution in [2.75, 3.05) is 45.9 Å². The summed E-state index contributed by atoms with van der Waals surface area (Å²) in [6, 6.07) is 14.9. The molecule has 2 atom stereocenters. The minimum absolute atomic E-state index is 0.00809. The van der Waals surface area contributed by atoms with E-state index in [-0.39, 0.29) is 24.2 Å². The monoisotopic (exact) mass is 521 g/mol. The van der Waals surface area contributed by atoms with E-state index in [0.717, 1.165) is 12.0 Å². The van der Waals surface area contributed by atoms with Crippen LogP contribution in [0.1, 0.15) is 30.9 Å². The molecule has 0 unspecified atom stereocenters. The van der Waals surface area contributed by atoms with Crippen molar-refractivity contribution in [1.82, 2.24) is 14.1 Å². The standard InChI is InChI=1S/C25H32ClN3O5S/c26-21-9-11-23(12-10-21)35(32,33)29-22(7-4-8-24(29)20-5-2-1-3-6-20)19-34-25(31)28-15-13-27(14-16-28)17-18-30/h1-3,5-6,9-12,22,24,30H,4,7-8,13-19H2/t22-,24+/m1/s1. The smallest absolute Gasteiger partial charge is 0.409 e. The molecular weight excluding hydrogens is 490 g/mol. The number of aliphatic hydroxyl groups is 1. The Morgan fingerprint density at radius 1 is 1.00 bits per heavy atom. The van der Waals surface area contributed by atoms with Crippen LogP contribution in [0.2, 0.25) is 5.02 Å². The van der Waals surface area contributed by atoms with E-state index in [9.17, 15) is 13.2 Å². The lowest BCUT2D eigenvalue weighted by molar-refractivity contribution is 0.0467. The summed E-state index contributed by atoms with van der Waals surface area (Å²) in [6.45, 7) is 3.05. The molecule has 190 valence electrons. The molecule has 0 saturated carbocycles. The summed E-state index contributed by atoms with van der Waals surface area (Å²) in [4.78, 5) is 16.7. The first-order chi connectivity index (χ1) is 16.9. The first-order valence-electron chi connectivity index (χ1n) is 12.0. The minimum atomic E-state index is -3.87. The number of carbonyl (C=O) groups excluding carboxylic acids is 1. The van der Waals surface area contributed by atoms with Gasteiger partial charge in [0.2, 0.25) is 10.0 Å². The molecule has 0 bridgehead atoms. The number of hydrogen-bond donors (Lipinski definition) is 1. The molecule has 35 heavy (non-hydrogen) atoms. The number of β-amino-alcohol motifs (C(OH)–C–C–N with tert-alkyl or cyclic N) is 1. The quantitative estimate of drug-likeness (QED) is 0.601. The summed E-state index contributed by atoms with van der Waals surface area (Å²) in [5.41, 5.74) is 0.918. The van der Waals surface area contributed by atoms with E-state index in [1.54, 1.807) is 17.0 Å². The number of piperazine rings is 1. The fraction of sp³-hybridized carbons (Fsp3) is 0.480. The van der Waals surface area contributed by atoms with Crippen LogP contribution in [-0.4, -0.2) is 85.7 Å². The van der Waals surface area contributed by atoms with Gasteiger partial charge >= 0.3 is 6.09 Å². The molecule has 1 amide bonds. The van der Waals surface area contributed by atoms with Gasteiger partial charge in [0.1, 0.15) is 6.61 Å². The Morgan fingerprint density at radius 2 is 1.69 bits per heavy atom. The number of nitrogens with zero attached hydrogens (tertiary/aromatic N) is 3. The van der Waals surface area contributed by atoms with Gasteiger partial charge in [0.05, 0.1) is 23.6 Å². The van der Waals surface area contributed by atoms with Crippen LogP contribution < -0.4 is 0 Å². The van der Waals surface area contributed by atoms with Gasteiger partial charge in [0.15, 0.2) is 0 Å². The van der Waals surface area contributed by atoms with Crippen molar-refractivity contribution >= 4 is 27.7 Å². The molecular formula is C25H32ClN3O5S.